The van der Waals surface area contributed by atoms with E-state index in [-0.39, 0.29) is 11.7 Å². The molecular weight excluding hydrogens is 304 g/mol. The second kappa shape index (κ2) is 5.27. The van der Waals surface area contributed by atoms with Gasteiger partial charge in [0.15, 0.2) is 0 Å². The van der Waals surface area contributed by atoms with Crippen molar-refractivity contribution in [1.29, 1.82) is 0 Å². The van der Waals surface area contributed by atoms with Crippen molar-refractivity contribution in [3.05, 3.63) is 10.7 Å². The largest absolute Gasteiger partial charge is 0.355 e. The first-order chi connectivity index (χ1) is 8.80. The molecule has 2 heterocycles. The molecule has 2 rings (SSSR count). The fourth-order valence-corrected chi connectivity index (χ4v) is 3.07. The summed E-state index contributed by atoms with van der Waals surface area (Å²) < 4.78 is 1.23. The number of halogens is 1. The van der Waals surface area contributed by atoms with Crippen molar-refractivity contribution in [3.63, 3.8) is 0 Å². The van der Waals surface area contributed by atoms with Crippen LogP contribution in [0.15, 0.2) is 20.7 Å². The Morgan fingerprint density at radius 1 is 1.47 bits per heavy atom. The van der Waals surface area contributed by atoms with Crippen molar-refractivity contribution >= 4 is 27.6 Å². The molecule has 0 aromatic heterocycles. The zero-order chi connectivity index (χ0) is 14.2. The van der Waals surface area contributed by atoms with E-state index in [1.807, 2.05) is 0 Å². The van der Waals surface area contributed by atoms with E-state index in [1.54, 1.807) is 0 Å². The first-order valence-corrected chi connectivity index (χ1v) is 7.62. The predicted octanol–water partition coefficient (Wildman–Crippen LogP) is 3.11. The minimum absolute atomic E-state index is 0.0163. The minimum Gasteiger partial charge on any atom is -0.355 e. The molecule has 0 radical (unpaired) electrons. The Balaban J connectivity index is 2.28. The minimum atomic E-state index is -0.0163. The summed E-state index contributed by atoms with van der Waals surface area (Å²) in [4.78, 5) is 11.7. The highest BCUT2D eigenvalue weighted by Crippen LogP contribution is 2.33. The SMILES string of the molecule is CCN1C=C(Br)CC2C(C)=NC(NC(C)(C)C)=NC21. The number of aliphatic imine (C=N–C) groups is 2. The summed E-state index contributed by atoms with van der Waals surface area (Å²) >= 11 is 3.62. The number of hydrogen-bond acceptors (Lipinski definition) is 4. The molecule has 0 amide bonds. The van der Waals surface area contributed by atoms with Crippen molar-refractivity contribution in [2.75, 3.05) is 6.54 Å². The molecule has 5 heteroatoms. The van der Waals surface area contributed by atoms with Crippen LogP contribution in [0, 0.1) is 5.92 Å². The van der Waals surface area contributed by atoms with Gasteiger partial charge in [0.1, 0.15) is 6.17 Å². The lowest BCUT2D eigenvalue weighted by Crippen LogP contribution is -2.48. The van der Waals surface area contributed by atoms with Crippen LogP contribution in [0.1, 0.15) is 41.0 Å². The van der Waals surface area contributed by atoms with Crippen LogP contribution in [-0.2, 0) is 0 Å². The fourth-order valence-electron chi connectivity index (χ4n) is 2.46. The van der Waals surface area contributed by atoms with Gasteiger partial charge in [-0.3, -0.25) is 0 Å². The number of guanidine groups is 1. The smallest absolute Gasteiger partial charge is 0.220 e. The van der Waals surface area contributed by atoms with Gasteiger partial charge < -0.3 is 10.2 Å². The number of hydrogen-bond donors (Lipinski definition) is 1. The van der Waals surface area contributed by atoms with Gasteiger partial charge in [-0.2, -0.15) is 0 Å². The quantitative estimate of drug-likeness (QED) is 0.804. The third-order valence-electron chi connectivity index (χ3n) is 3.35. The molecule has 4 nitrogen and oxygen atoms in total. The van der Waals surface area contributed by atoms with Crippen molar-refractivity contribution in [3.8, 4) is 0 Å². The van der Waals surface area contributed by atoms with Crippen molar-refractivity contribution < 1.29 is 0 Å². The highest BCUT2D eigenvalue weighted by atomic mass is 79.9. The molecular formula is C14H23BrN4. The van der Waals surface area contributed by atoms with E-state index in [0.29, 0.717) is 5.92 Å². The van der Waals surface area contributed by atoms with E-state index in [1.165, 1.54) is 4.48 Å². The van der Waals surface area contributed by atoms with Crippen LogP contribution in [0.4, 0.5) is 0 Å². The summed E-state index contributed by atoms with van der Waals surface area (Å²) in [5, 5.41) is 3.38. The highest BCUT2D eigenvalue weighted by molar-refractivity contribution is 9.11. The third kappa shape index (κ3) is 3.38. The van der Waals surface area contributed by atoms with Crippen LogP contribution in [0.5, 0.6) is 0 Å². The van der Waals surface area contributed by atoms with Crippen LogP contribution in [0.2, 0.25) is 0 Å². The maximum atomic E-state index is 4.80. The topological polar surface area (TPSA) is 40.0 Å². The fraction of sp³-hybridized carbons (Fsp3) is 0.714. The van der Waals surface area contributed by atoms with Gasteiger partial charge in [0.05, 0.1) is 0 Å². The molecule has 0 fully saturated rings. The molecule has 2 aliphatic heterocycles. The molecule has 106 valence electrons. The summed E-state index contributed by atoms with van der Waals surface area (Å²) in [5.74, 6) is 1.14. The van der Waals surface area contributed by atoms with E-state index in [2.05, 4.69) is 72.0 Å². The van der Waals surface area contributed by atoms with Crippen LogP contribution >= 0.6 is 15.9 Å². The van der Waals surface area contributed by atoms with E-state index >= 15 is 0 Å². The van der Waals surface area contributed by atoms with E-state index < -0.39 is 0 Å². The number of allylic oxidation sites excluding steroid dienone is 1. The van der Waals surface area contributed by atoms with Gasteiger partial charge in [-0.15, -0.1) is 0 Å². The predicted molar refractivity (Wildman–Crippen MR) is 84.7 cm³/mol. The summed E-state index contributed by atoms with van der Waals surface area (Å²) in [6.45, 7) is 11.6. The Hall–Kier alpha value is -0.840. The Morgan fingerprint density at radius 2 is 2.16 bits per heavy atom. The zero-order valence-corrected chi connectivity index (χ0v) is 14.0. The lowest BCUT2D eigenvalue weighted by atomic mass is 9.92. The molecule has 0 saturated carbocycles. The summed E-state index contributed by atoms with van der Waals surface area (Å²) in [6.07, 6.45) is 3.33. The average molecular weight is 327 g/mol. The molecule has 1 N–H and O–H groups in total. The molecule has 2 atom stereocenters. The van der Waals surface area contributed by atoms with E-state index in [4.69, 9.17) is 4.99 Å². The van der Waals surface area contributed by atoms with E-state index in [0.717, 1.165) is 24.6 Å². The van der Waals surface area contributed by atoms with Gasteiger partial charge in [0.2, 0.25) is 5.96 Å². The molecule has 19 heavy (non-hydrogen) atoms. The lowest BCUT2D eigenvalue weighted by molar-refractivity contribution is 0.232. The van der Waals surface area contributed by atoms with Gasteiger partial charge in [0.25, 0.3) is 0 Å². The van der Waals surface area contributed by atoms with E-state index in [9.17, 15) is 0 Å². The Labute approximate surface area is 124 Å². The Bertz CT molecular complexity index is 445. The standard InChI is InChI=1S/C14H23BrN4/c1-6-19-8-10(15)7-11-9(2)16-13(17-12(11)19)18-14(3,4)5/h8,11-12H,6-7H2,1-5H3,(H,17,18). The van der Waals surface area contributed by atoms with Crippen LogP contribution in [-0.4, -0.2) is 34.8 Å². The van der Waals surface area contributed by atoms with Gasteiger partial charge in [-0.1, -0.05) is 15.9 Å². The molecule has 0 bridgehead atoms. The maximum absolute atomic E-state index is 4.80. The summed E-state index contributed by atoms with van der Waals surface area (Å²) in [6, 6.07) is 0. The normalized spacial score (nSPS) is 27.3. The number of nitrogens with zero attached hydrogens (tertiary/aromatic N) is 3. The van der Waals surface area contributed by atoms with Crippen LogP contribution < -0.4 is 5.32 Å². The Kier molecular flexibility index (Phi) is 4.04. The Morgan fingerprint density at radius 3 is 2.74 bits per heavy atom. The van der Waals surface area contributed by atoms with Crippen LogP contribution in [0.3, 0.4) is 0 Å². The van der Waals surface area contributed by atoms with Gasteiger partial charge in [-0.05, 0) is 41.0 Å². The molecule has 0 aromatic rings. The van der Waals surface area contributed by atoms with Crippen molar-refractivity contribution in [1.82, 2.24) is 10.2 Å². The number of rotatable bonds is 1. The van der Waals surface area contributed by atoms with Gasteiger partial charge >= 0.3 is 0 Å². The highest BCUT2D eigenvalue weighted by Gasteiger charge is 2.35. The van der Waals surface area contributed by atoms with Crippen LogP contribution in [0.25, 0.3) is 0 Å². The summed E-state index contributed by atoms with van der Waals surface area (Å²) in [5.41, 5.74) is 1.15. The first-order valence-electron chi connectivity index (χ1n) is 6.83. The molecule has 0 saturated heterocycles. The maximum Gasteiger partial charge on any atom is 0.220 e. The summed E-state index contributed by atoms with van der Waals surface area (Å²) in [7, 11) is 0. The lowest BCUT2D eigenvalue weighted by Gasteiger charge is -2.39. The monoisotopic (exact) mass is 326 g/mol. The van der Waals surface area contributed by atoms with Crippen molar-refractivity contribution in [2.24, 2.45) is 15.9 Å². The first kappa shape index (κ1) is 14.6. The molecule has 2 aliphatic rings. The van der Waals surface area contributed by atoms with Gasteiger partial charge in [-0.25, -0.2) is 9.98 Å². The molecule has 0 aliphatic carbocycles. The number of nitrogens with one attached hydrogen (secondary N) is 1. The third-order valence-corrected chi connectivity index (χ3v) is 3.87. The molecule has 2 unspecified atom stereocenters. The second-order valence-electron chi connectivity index (χ2n) is 6.21. The molecule has 0 aromatic carbocycles. The van der Waals surface area contributed by atoms with Crippen molar-refractivity contribution in [2.45, 2.75) is 52.7 Å². The molecule has 0 spiro atoms. The number of fused-ring (bicyclic) bond motifs is 1. The van der Waals surface area contributed by atoms with Gasteiger partial charge in [0, 0.05) is 34.4 Å². The zero-order valence-electron chi connectivity index (χ0n) is 12.4. The average Bonchev–Trinajstić information content (AvgIpc) is 2.27. The second-order valence-corrected chi connectivity index (χ2v) is 7.23.